The van der Waals surface area contributed by atoms with E-state index in [0.717, 1.165) is 40.8 Å². The van der Waals surface area contributed by atoms with Gasteiger partial charge in [0.2, 0.25) is 0 Å². The number of benzene rings is 2. The molecule has 0 spiro atoms. The minimum absolute atomic E-state index is 0.242. The molecule has 2 aromatic carbocycles. The molecule has 0 unspecified atom stereocenters. The maximum Gasteiger partial charge on any atom is 0.341 e. The number of anilines is 1. The number of carbonyl (C=O) groups is 3. The van der Waals surface area contributed by atoms with E-state index in [2.05, 4.69) is 12.2 Å². The van der Waals surface area contributed by atoms with Crippen LogP contribution in [-0.4, -0.2) is 35.5 Å². The number of hydrogen-bond acceptors (Lipinski definition) is 7. The van der Waals surface area contributed by atoms with Crippen LogP contribution in [0.3, 0.4) is 0 Å². The van der Waals surface area contributed by atoms with Gasteiger partial charge in [0.15, 0.2) is 6.10 Å². The van der Waals surface area contributed by atoms with Crippen molar-refractivity contribution in [3.05, 3.63) is 81.7 Å². The minimum Gasteiger partial charge on any atom is -0.462 e. The lowest BCUT2D eigenvalue weighted by Crippen LogP contribution is -2.30. The van der Waals surface area contributed by atoms with Gasteiger partial charge >= 0.3 is 11.9 Å². The van der Waals surface area contributed by atoms with Crippen LogP contribution in [0.5, 0.6) is 0 Å². The molecule has 8 heteroatoms. The van der Waals surface area contributed by atoms with E-state index < -0.39 is 23.9 Å². The Kier molecular flexibility index (Phi) is 7.98. The van der Waals surface area contributed by atoms with Crippen LogP contribution in [-0.2, 0) is 27.1 Å². The second-order valence-electron chi connectivity index (χ2n) is 10.3. The average molecular weight is 557 g/mol. The standard InChI is InChI=1S/C32H32N2O5S/c1-5-38-32(37)28-23-15-12-19(3)16-27(23)40-30(28)34-29(35)20(4)39-31(36)24-17-26(21-13-10-18(2)11-14-21)33-25-9-7-6-8-22(24)25/h6-11,13-14,17,19-20H,5,12,15-16H2,1-4H3,(H,34,35)/t19-,20-/m0/s1. The van der Waals surface area contributed by atoms with Gasteiger partial charge in [-0.2, -0.15) is 0 Å². The highest BCUT2D eigenvalue weighted by Crippen LogP contribution is 2.40. The summed E-state index contributed by atoms with van der Waals surface area (Å²) in [7, 11) is 0. The van der Waals surface area contributed by atoms with Crippen molar-refractivity contribution in [3.63, 3.8) is 0 Å². The van der Waals surface area contributed by atoms with Crippen molar-refractivity contribution in [3.8, 4) is 11.3 Å². The van der Waals surface area contributed by atoms with E-state index in [1.807, 2.05) is 55.5 Å². The first kappa shape index (κ1) is 27.5. The molecule has 1 N–H and O–H groups in total. The number of esters is 2. The molecular formula is C32H32N2O5S. The molecule has 7 nitrogen and oxygen atoms in total. The maximum absolute atomic E-state index is 13.4. The number of carbonyl (C=O) groups excluding carboxylic acids is 3. The normalized spacial score (nSPS) is 15.2. The third-order valence-electron chi connectivity index (χ3n) is 7.16. The quantitative estimate of drug-likeness (QED) is 0.253. The van der Waals surface area contributed by atoms with Crippen LogP contribution < -0.4 is 5.32 Å². The summed E-state index contributed by atoms with van der Waals surface area (Å²) >= 11 is 1.40. The predicted octanol–water partition coefficient (Wildman–Crippen LogP) is 6.76. The second-order valence-corrected chi connectivity index (χ2v) is 11.4. The lowest BCUT2D eigenvalue weighted by molar-refractivity contribution is -0.123. The number of rotatable bonds is 7. The fraction of sp³-hybridized carbons (Fsp3) is 0.312. The molecule has 206 valence electrons. The Morgan fingerprint density at radius 3 is 2.60 bits per heavy atom. The van der Waals surface area contributed by atoms with Gasteiger partial charge in [-0.1, -0.05) is 55.0 Å². The highest BCUT2D eigenvalue weighted by molar-refractivity contribution is 7.17. The van der Waals surface area contributed by atoms with Crippen molar-refractivity contribution in [1.82, 2.24) is 4.98 Å². The third-order valence-corrected chi connectivity index (χ3v) is 8.33. The van der Waals surface area contributed by atoms with Crippen LogP contribution >= 0.6 is 11.3 Å². The molecule has 0 bridgehead atoms. The van der Waals surface area contributed by atoms with E-state index in [1.54, 1.807) is 13.0 Å². The molecule has 4 aromatic rings. The van der Waals surface area contributed by atoms with E-state index in [0.29, 0.717) is 38.6 Å². The maximum atomic E-state index is 13.4. The highest BCUT2D eigenvalue weighted by Gasteiger charge is 2.30. The first-order chi connectivity index (χ1) is 19.2. The zero-order chi connectivity index (χ0) is 28.4. The van der Waals surface area contributed by atoms with E-state index in [-0.39, 0.29) is 6.61 Å². The predicted molar refractivity (Wildman–Crippen MR) is 157 cm³/mol. The van der Waals surface area contributed by atoms with Gasteiger partial charge in [0, 0.05) is 15.8 Å². The van der Waals surface area contributed by atoms with Crippen LogP contribution in [0, 0.1) is 12.8 Å². The number of fused-ring (bicyclic) bond motifs is 2. The number of nitrogens with zero attached hydrogens (tertiary/aromatic N) is 1. The summed E-state index contributed by atoms with van der Waals surface area (Å²) in [5.41, 5.74) is 4.99. The molecule has 2 atom stereocenters. The Morgan fingerprint density at radius 2 is 1.85 bits per heavy atom. The molecule has 0 saturated carbocycles. The minimum atomic E-state index is -1.10. The van der Waals surface area contributed by atoms with Crippen LogP contribution in [0.25, 0.3) is 22.2 Å². The number of thiophene rings is 1. The first-order valence-corrected chi connectivity index (χ1v) is 14.4. The van der Waals surface area contributed by atoms with Crippen molar-refractivity contribution in [1.29, 1.82) is 0 Å². The van der Waals surface area contributed by atoms with Gasteiger partial charge in [0.05, 0.1) is 28.9 Å². The Labute approximate surface area is 237 Å². The largest absolute Gasteiger partial charge is 0.462 e. The van der Waals surface area contributed by atoms with Crippen molar-refractivity contribution in [2.45, 2.75) is 53.1 Å². The summed E-state index contributed by atoms with van der Waals surface area (Å²) in [6.07, 6.45) is 1.49. The zero-order valence-corrected chi connectivity index (χ0v) is 23.9. The van der Waals surface area contributed by atoms with Crippen LogP contribution in [0.2, 0.25) is 0 Å². The first-order valence-electron chi connectivity index (χ1n) is 13.6. The van der Waals surface area contributed by atoms with Gasteiger partial charge in [0.1, 0.15) is 5.00 Å². The summed E-state index contributed by atoms with van der Waals surface area (Å²) < 4.78 is 11.0. The van der Waals surface area contributed by atoms with Gasteiger partial charge in [-0.05, 0) is 63.6 Å². The second kappa shape index (κ2) is 11.6. The number of aryl methyl sites for hydroxylation is 1. The lowest BCUT2D eigenvalue weighted by atomic mass is 9.88. The number of aromatic nitrogens is 1. The van der Waals surface area contributed by atoms with Crippen molar-refractivity contribution in [2.24, 2.45) is 5.92 Å². The molecule has 0 fully saturated rings. The number of hydrogen-bond donors (Lipinski definition) is 1. The molecule has 5 rings (SSSR count). The molecule has 2 aromatic heterocycles. The summed E-state index contributed by atoms with van der Waals surface area (Å²) in [4.78, 5) is 45.3. The van der Waals surface area contributed by atoms with E-state index >= 15 is 0 Å². The number of para-hydroxylation sites is 1. The number of ether oxygens (including phenoxy) is 2. The lowest BCUT2D eigenvalue weighted by Gasteiger charge is -2.18. The van der Waals surface area contributed by atoms with Crippen LogP contribution in [0.1, 0.15) is 63.9 Å². The fourth-order valence-electron chi connectivity index (χ4n) is 4.97. The van der Waals surface area contributed by atoms with Crippen molar-refractivity contribution >= 4 is 45.1 Å². The Hall–Kier alpha value is -4.04. The van der Waals surface area contributed by atoms with Crippen LogP contribution in [0.15, 0.2) is 54.6 Å². The Balaban J connectivity index is 1.39. The molecular weight excluding hydrogens is 524 g/mol. The van der Waals surface area contributed by atoms with Crippen molar-refractivity contribution in [2.75, 3.05) is 11.9 Å². The molecule has 40 heavy (non-hydrogen) atoms. The van der Waals surface area contributed by atoms with E-state index in [1.165, 1.54) is 18.3 Å². The Morgan fingerprint density at radius 1 is 1.10 bits per heavy atom. The van der Waals surface area contributed by atoms with Gasteiger partial charge in [-0.3, -0.25) is 4.79 Å². The van der Waals surface area contributed by atoms with Gasteiger partial charge in [-0.15, -0.1) is 11.3 Å². The smallest absolute Gasteiger partial charge is 0.341 e. The summed E-state index contributed by atoms with van der Waals surface area (Å²) in [6.45, 7) is 7.71. The molecule has 0 radical (unpaired) electrons. The number of pyridine rings is 1. The van der Waals surface area contributed by atoms with Gasteiger partial charge < -0.3 is 14.8 Å². The third kappa shape index (κ3) is 5.63. The van der Waals surface area contributed by atoms with Gasteiger partial charge in [-0.25, -0.2) is 14.6 Å². The summed E-state index contributed by atoms with van der Waals surface area (Å²) in [5.74, 6) is -1.08. The number of nitrogens with one attached hydrogen (secondary N) is 1. The topological polar surface area (TPSA) is 94.6 Å². The molecule has 0 aliphatic heterocycles. The molecule has 1 aliphatic rings. The molecule has 1 aliphatic carbocycles. The molecule has 0 saturated heterocycles. The monoisotopic (exact) mass is 556 g/mol. The van der Waals surface area contributed by atoms with Crippen molar-refractivity contribution < 1.29 is 23.9 Å². The van der Waals surface area contributed by atoms with E-state index in [9.17, 15) is 14.4 Å². The number of amides is 1. The molecule has 1 amide bonds. The fourth-order valence-corrected chi connectivity index (χ4v) is 6.37. The average Bonchev–Trinajstić information content (AvgIpc) is 3.29. The zero-order valence-electron chi connectivity index (χ0n) is 23.1. The Bertz CT molecular complexity index is 1590. The van der Waals surface area contributed by atoms with Crippen LogP contribution in [0.4, 0.5) is 5.00 Å². The highest BCUT2D eigenvalue weighted by atomic mass is 32.1. The molecule has 2 heterocycles. The summed E-state index contributed by atoms with van der Waals surface area (Å²) in [6, 6.07) is 16.9. The summed E-state index contributed by atoms with van der Waals surface area (Å²) in [5, 5.41) is 3.93. The van der Waals surface area contributed by atoms with E-state index in [4.69, 9.17) is 14.5 Å². The van der Waals surface area contributed by atoms with Gasteiger partial charge in [0.25, 0.3) is 5.91 Å². The SMILES string of the molecule is CCOC(=O)c1c(NC(=O)[C@H](C)OC(=O)c2cc(-c3ccc(C)cc3)nc3ccccc23)sc2c1CC[C@H](C)C2.